The molecule has 2 heterocycles. The van der Waals surface area contributed by atoms with E-state index in [9.17, 15) is 8.42 Å². The summed E-state index contributed by atoms with van der Waals surface area (Å²) in [6, 6.07) is 18.0. The molecule has 0 spiro atoms. The number of fused-ring (bicyclic) bond motifs is 1. The van der Waals surface area contributed by atoms with Gasteiger partial charge < -0.3 is 4.74 Å². The molecule has 1 aliphatic heterocycles. The maximum atomic E-state index is 12.7. The number of sulfonamides is 1. The van der Waals surface area contributed by atoms with Crippen LogP contribution in [-0.4, -0.2) is 39.0 Å². The molecule has 0 radical (unpaired) electrons. The van der Waals surface area contributed by atoms with Crippen molar-refractivity contribution in [1.29, 1.82) is 0 Å². The minimum atomic E-state index is -3.49. The molecule has 2 aromatic carbocycles. The molecule has 1 saturated heterocycles. The molecule has 0 bridgehead atoms. The number of morpholine rings is 1. The number of hydrogen-bond donors (Lipinski definition) is 1. The number of nitrogens with one attached hydrogen (secondary N) is 2. The number of H-pyrrole nitrogens is 1. The Labute approximate surface area is 165 Å². The summed E-state index contributed by atoms with van der Waals surface area (Å²) in [5, 5.41) is 5.83. The number of hydrogen-bond acceptors (Lipinski definition) is 4. The standard InChI is InChI=1S/C21H23N3O3S/c1-16(19-8-4-6-17-5-2-3-7-20(17)19)23-21-10-9-18(15-22-21)28(25,26)24-11-13-27-14-12-24/h2-10,15-16H,11-14H2,1H3,(H,22,23)/p+1/t16-/m1/s1. The molecule has 1 aromatic heterocycles. The van der Waals surface area contributed by atoms with Crippen LogP contribution < -0.4 is 10.3 Å². The molecule has 28 heavy (non-hydrogen) atoms. The van der Waals surface area contributed by atoms with Gasteiger partial charge in [-0.15, -0.1) is 0 Å². The SMILES string of the molecule is C[C@@H](Nc1ccc(S(=O)(=O)N2CCOCC2)c[nH+]1)c1cccc2ccccc12. The lowest BCUT2D eigenvalue weighted by Gasteiger charge is -2.25. The number of nitrogens with zero attached hydrogens (tertiary/aromatic N) is 1. The third-order valence-electron chi connectivity index (χ3n) is 5.05. The summed E-state index contributed by atoms with van der Waals surface area (Å²) in [7, 11) is -3.49. The summed E-state index contributed by atoms with van der Waals surface area (Å²) in [5.74, 6) is 0.765. The zero-order valence-corrected chi connectivity index (χ0v) is 16.6. The summed E-state index contributed by atoms with van der Waals surface area (Å²) in [6.45, 7) is 3.74. The van der Waals surface area contributed by atoms with E-state index in [0.717, 1.165) is 5.82 Å². The van der Waals surface area contributed by atoms with Crippen molar-refractivity contribution in [1.82, 2.24) is 4.31 Å². The van der Waals surface area contributed by atoms with Crippen molar-refractivity contribution in [3.63, 3.8) is 0 Å². The van der Waals surface area contributed by atoms with Crippen LogP contribution in [0.2, 0.25) is 0 Å². The van der Waals surface area contributed by atoms with Gasteiger partial charge in [-0.3, -0.25) is 5.32 Å². The first-order valence-electron chi connectivity index (χ1n) is 9.39. The summed E-state index contributed by atoms with van der Waals surface area (Å²) < 4.78 is 32.1. The molecule has 1 aliphatic rings. The Morgan fingerprint density at radius 1 is 1.04 bits per heavy atom. The first kappa shape index (κ1) is 18.9. The number of benzene rings is 2. The van der Waals surface area contributed by atoms with Crippen LogP contribution in [0.5, 0.6) is 0 Å². The maximum absolute atomic E-state index is 12.7. The van der Waals surface area contributed by atoms with Crippen molar-refractivity contribution >= 4 is 26.6 Å². The number of rotatable bonds is 5. The molecule has 1 atom stereocenters. The highest BCUT2D eigenvalue weighted by molar-refractivity contribution is 7.89. The van der Waals surface area contributed by atoms with Gasteiger partial charge in [0.25, 0.3) is 5.82 Å². The second-order valence-corrected chi connectivity index (χ2v) is 8.83. The monoisotopic (exact) mass is 398 g/mol. The lowest BCUT2D eigenvalue weighted by atomic mass is 10.00. The number of aromatic amines is 1. The maximum Gasteiger partial charge on any atom is 0.272 e. The smallest absolute Gasteiger partial charge is 0.272 e. The van der Waals surface area contributed by atoms with Crippen LogP contribution in [0, 0.1) is 0 Å². The highest BCUT2D eigenvalue weighted by atomic mass is 32.2. The van der Waals surface area contributed by atoms with Gasteiger partial charge in [0.2, 0.25) is 10.0 Å². The average Bonchev–Trinajstić information content (AvgIpc) is 2.74. The van der Waals surface area contributed by atoms with Crippen molar-refractivity contribution in [2.75, 3.05) is 31.6 Å². The molecule has 3 aromatic rings. The van der Waals surface area contributed by atoms with Crippen molar-refractivity contribution in [2.24, 2.45) is 0 Å². The van der Waals surface area contributed by atoms with Crippen LogP contribution in [0.4, 0.5) is 5.82 Å². The molecule has 146 valence electrons. The van der Waals surface area contributed by atoms with E-state index in [1.54, 1.807) is 18.3 Å². The van der Waals surface area contributed by atoms with Gasteiger partial charge >= 0.3 is 0 Å². The van der Waals surface area contributed by atoms with Crippen molar-refractivity contribution in [3.8, 4) is 0 Å². The van der Waals surface area contributed by atoms with Gasteiger partial charge in [0.15, 0.2) is 0 Å². The van der Waals surface area contributed by atoms with Crippen molar-refractivity contribution < 1.29 is 18.1 Å². The molecule has 6 nitrogen and oxygen atoms in total. The molecule has 1 fully saturated rings. The third kappa shape index (κ3) is 3.73. The van der Waals surface area contributed by atoms with Crippen LogP contribution in [-0.2, 0) is 14.8 Å². The fourth-order valence-electron chi connectivity index (χ4n) is 3.54. The van der Waals surface area contributed by atoms with E-state index in [4.69, 9.17) is 4.74 Å². The van der Waals surface area contributed by atoms with E-state index < -0.39 is 10.0 Å². The Balaban J connectivity index is 1.53. The second kappa shape index (κ2) is 7.87. The van der Waals surface area contributed by atoms with Gasteiger partial charge in [0, 0.05) is 24.7 Å². The molecule has 0 aliphatic carbocycles. The zero-order chi connectivity index (χ0) is 19.6. The topological polar surface area (TPSA) is 72.8 Å². The van der Waals surface area contributed by atoms with Gasteiger partial charge in [0.1, 0.15) is 17.1 Å². The number of aromatic nitrogens is 1. The van der Waals surface area contributed by atoms with Crippen LogP contribution in [0.25, 0.3) is 10.8 Å². The number of anilines is 1. The molecule has 0 unspecified atom stereocenters. The molecule has 0 amide bonds. The molecule has 2 N–H and O–H groups in total. The van der Waals surface area contributed by atoms with E-state index in [0.29, 0.717) is 26.3 Å². The van der Waals surface area contributed by atoms with Crippen molar-refractivity contribution in [3.05, 3.63) is 66.4 Å². The summed E-state index contributed by atoms with van der Waals surface area (Å²) >= 11 is 0. The van der Waals surface area contributed by atoms with E-state index in [1.807, 2.05) is 12.1 Å². The van der Waals surface area contributed by atoms with Gasteiger partial charge in [-0.25, -0.2) is 13.4 Å². The summed E-state index contributed by atoms with van der Waals surface area (Å²) in [6.07, 6.45) is 1.54. The molecule has 4 rings (SSSR count). The van der Waals surface area contributed by atoms with E-state index in [1.165, 1.54) is 20.6 Å². The summed E-state index contributed by atoms with van der Waals surface area (Å²) in [4.78, 5) is 3.34. The highest BCUT2D eigenvalue weighted by Gasteiger charge is 2.27. The van der Waals surface area contributed by atoms with Gasteiger partial charge in [0.05, 0.1) is 13.2 Å². The van der Waals surface area contributed by atoms with Crippen LogP contribution >= 0.6 is 0 Å². The number of pyridine rings is 1. The average molecular weight is 399 g/mol. The van der Waals surface area contributed by atoms with E-state index >= 15 is 0 Å². The molecular weight excluding hydrogens is 374 g/mol. The first-order valence-corrected chi connectivity index (χ1v) is 10.8. The fourth-order valence-corrected chi connectivity index (χ4v) is 4.91. The minimum Gasteiger partial charge on any atom is -0.379 e. The Kier molecular flexibility index (Phi) is 5.30. The molecule has 0 saturated carbocycles. The van der Waals surface area contributed by atoms with E-state index in [2.05, 4.69) is 47.6 Å². The van der Waals surface area contributed by atoms with Gasteiger partial charge in [-0.2, -0.15) is 4.31 Å². The Morgan fingerprint density at radius 2 is 1.79 bits per heavy atom. The second-order valence-electron chi connectivity index (χ2n) is 6.89. The first-order chi connectivity index (χ1) is 13.6. The third-order valence-corrected chi connectivity index (χ3v) is 6.95. The molecule has 7 heteroatoms. The van der Waals surface area contributed by atoms with Crippen LogP contribution in [0.1, 0.15) is 18.5 Å². The Bertz CT molecular complexity index is 1060. The lowest BCUT2D eigenvalue weighted by molar-refractivity contribution is -0.364. The quantitative estimate of drug-likeness (QED) is 0.717. The largest absolute Gasteiger partial charge is 0.379 e. The van der Waals surface area contributed by atoms with Crippen LogP contribution in [0.15, 0.2) is 65.7 Å². The lowest BCUT2D eigenvalue weighted by Crippen LogP contribution is -2.40. The summed E-state index contributed by atoms with van der Waals surface area (Å²) in [5.41, 5.74) is 1.19. The number of ether oxygens (including phenoxy) is 1. The predicted octanol–water partition coefficient (Wildman–Crippen LogP) is 2.85. The minimum absolute atomic E-state index is 0.0593. The Hall–Kier alpha value is -2.48. The zero-order valence-electron chi connectivity index (χ0n) is 15.8. The highest BCUT2D eigenvalue weighted by Crippen LogP contribution is 2.26. The Morgan fingerprint density at radius 3 is 2.54 bits per heavy atom. The fraction of sp³-hybridized carbons (Fsp3) is 0.286. The van der Waals surface area contributed by atoms with Gasteiger partial charge in [-0.1, -0.05) is 42.5 Å². The van der Waals surface area contributed by atoms with E-state index in [-0.39, 0.29) is 10.9 Å². The molecular formula is C21H24N3O3S+. The van der Waals surface area contributed by atoms with Gasteiger partial charge in [-0.05, 0) is 23.8 Å². The van der Waals surface area contributed by atoms with Crippen molar-refractivity contribution in [2.45, 2.75) is 17.9 Å². The predicted molar refractivity (Wildman–Crippen MR) is 109 cm³/mol. The van der Waals surface area contributed by atoms with Crippen LogP contribution in [0.3, 0.4) is 0 Å². The normalized spacial score (nSPS) is 16.8.